The number of rotatable bonds is 8. The highest BCUT2D eigenvalue weighted by molar-refractivity contribution is 7.89. The lowest BCUT2D eigenvalue weighted by molar-refractivity contribution is -0.148. The highest BCUT2D eigenvalue weighted by Crippen LogP contribution is 2.16. The highest BCUT2D eigenvalue weighted by Gasteiger charge is 2.24. The van der Waals surface area contributed by atoms with E-state index in [9.17, 15) is 27.2 Å². The fourth-order valence-electron chi connectivity index (χ4n) is 2.45. The molecule has 11 heteroatoms. The Morgan fingerprint density at radius 2 is 1.71 bits per heavy atom. The average molecular weight is 451 g/mol. The maximum atomic E-state index is 13.3. The number of hydrogen-bond acceptors (Lipinski definition) is 6. The lowest BCUT2D eigenvalue weighted by Gasteiger charge is -2.14. The number of aryl methyl sites for hydroxylation is 1. The van der Waals surface area contributed by atoms with E-state index in [1.54, 1.807) is 6.92 Å². The molecule has 0 spiro atoms. The summed E-state index contributed by atoms with van der Waals surface area (Å²) < 4.78 is 45.1. The van der Waals surface area contributed by atoms with Crippen LogP contribution >= 0.6 is 0 Å². The molecule has 1 atom stereocenters. The molecule has 2 aromatic carbocycles. The van der Waals surface area contributed by atoms with Crippen molar-refractivity contribution in [2.75, 3.05) is 17.2 Å². The molecule has 0 aromatic heterocycles. The summed E-state index contributed by atoms with van der Waals surface area (Å²) in [7, 11) is -4.05. The number of esters is 1. The first kappa shape index (κ1) is 24.0. The van der Waals surface area contributed by atoms with Gasteiger partial charge < -0.3 is 15.4 Å². The topological polar surface area (TPSA) is 131 Å². The van der Waals surface area contributed by atoms with Crippen molar-refractivity contribution in [2.45, 2.75) is 31.7 Å². The van der Waals surface area contributed by atoms with Crippen molar-refractivity contribution in [3.63, 3.8) is 0 Å². The predicted octanol–water partition coefficient (Wildman–Crippen LogP) is 1.94. The predicted molar refractivity (Wildman–Crippen MR) is 111 cm³/mol. The van der Waals surface area contributed by atoms with E-state index in [0.717, 1.165) is 6.07 Å². The number of benzene rings is 2. The molecule has 0 saturated carbocycles. The van der Waals surface area contributed by atoms with Gasteiger partial charge in [0.25, 0.3) is 5.91 Å². The molecule has 166 valence electrons. The standard InChI is InChI=1S/C20H22FN3O6S/c1-12-4-5-15(21)10-18(12)23-19(26)11-30-20(27)13(2)24-31(28,29)17-8-6-16(7-9-17)22-14(3)25/h4-10,13,24H,11H2,1-3H3,(H,22,25)(H,23,26). The van der Waals surface area contributed by atoms with Crippen LogP contribution in [-0.4, -0.2) is 38.9 Å². The third kappa shape index (κ3) is 7.15. The first-order valence-corrected chi connectivity index (χ1v) is 10.6. The van der Waals surface area contributed by atoms with Gasteiger partial charge in [0.1, 0.15) is 11.9 Å². The molecule has 0 aliphatic rings. The van der Waals surface area contributed by atoms with Crippen LogP contribution < -0.4 is 15.4 Å². The van der Waals surface area contributed by atoms with Gasteiger partial charge in [-0.25, -0.2) is 12.8 Å². The minimum Gasteiger partial charge on any atom is -0.454 e. The highest BCUT2D eigenvalue weighted by atomic mass is 32.2. The van der Waals surface area contributed by atoms with Crippen LogP contribution in [0, 0.1) is 12.7 Å². The van der Waals surface area contributed by atoms with Gasteiger partial charge in [-0.2, -0.15) is 4.72 Å². The number of nitrogens with one attached hydrogen (secondary N) is 3. The molecule has 3 N–H and O–H groups in total. The van der Waals surface area contributed by atoms with E-state index in [4.69, 9.17) is 4.74 Å². The van der Waals surface area contributed by atoms with Crippen molar-refractivity contribution in [3.05, 3.63) is 53.8 Å². The van der Waals surface area contributed by atoms with Gasteiger partial charge in [-0.05, 0) is 55.8 Å². The van der Waals surface area contributed by atoms with Crippen LogP contribution in [-0.2, 0) is 29.1 Å². The molecule has 1 unspecified atom stereocenters. The summed E-state index contributed by atoms with van der Waals surface area (Å²) in [5, 5.41) is 4.92. The molecule has 0 bridgehead atoms. The van der Waals surface area contributed by atoms with E-state index in [2.05, 4.69) is 15.4 Å². The molecule has 0 fully saturated rings. The summed E-state index contributed by atoms with van der Waals surface area (Å²) >= 11 is 0. The van der Waals surface area contributed by atoms with Crippen molar-refractivity contribution in [2.24, 2.45) is 0 Å². The molecule has 0 radical (unpaired) electrons. The summed E-state index contributed by atoms with van der Waals surface area (Å²) in [6, 6.07) is 7.91. The monoisotopic (exact) mass is 451 g/mol. The second-order valence-electron chi connectivity index (χ2n) is 6.66. The Balaban J connectivity index is 1.91. The summed E-state index contributed by atoms with van der Waals surface area (Å²) in [5.41, 5.74) is 1.27. The van der Waals surface area contributed by atoms with Crippen molar-refractivity contribution in [1.82, 2.24) is 4.72 Å². The van der Waals surface area contributed by atoms with Crippen molar-refractivity contribution >= 4 is 39.2 Å². The Hall–Kier alpha value is -3.31. The van der Waals surface area contributed by atoms with Crippen LogP contribution in [0.4, 0.5) is 15.8 Å². The van der Waals surface area contributed by atoms with E-state index >= 15 is 0 Å². The number of hydrogen-bond donors (Lipinski definition) is 3. The first-order valence-electron chi connectivity index (χ1n) is 9.10. The number of carbonyl (C=O) groups excluding carboxylic acids is 3. The number of sulfonamides is 1. The zero-order chi connectivity index (χ0) is 23.2. The fraction of sp³-hybridized carbons (Fsp3) is 0.250. The molecule has 31 heavy (non-hydrogen) atoms. The largest absolute Gasteiger partial charge is 0.454 e. The number of ether oxygens (including phenoxy) is 1. The molecular weight excluding hydrogens is 429 g/mol. The third-order valence-corrected chi connectivity index (χ3v) is 5.55. The van der Waals surface area contributed by atoms with Crippen LogP contribution in [0.5, 0.6) is 0 Å². The lowest BCUT2D eigenvalue weighted by Crippen LogP contribution is -2.40. The van der Waals surface area contributed by atoms with Gasteiger partial charge in [0.2, 0.25) is 15.9 Å². The Morgan fingerprint density at radius 1 is 1.06 bits per heavy atom. The summed E-state index contributed by atoms with van der Waals surface area (Å²) in [4.78, 5) is 34.9. The zero-order valence-corrected chi connectivity index (χ0v) is 17.9. The quantitative estimate of drug-likeness (QED) is 0.526. The van der Waals surface area contributed by atoms with Crippen LogP contribution in [0.1, 0.15) is 19.4 Å². The summed E-state index contributed by atoms with van der Waals surface area (Å²) in [6.07, 6.45) is 0. The minimum atomic E-state index is -4.05. The van der Waals surface area contributed by atoms with Gasteiger partial charge in [-0.15, -0.1) is 0 Å². The minimum absolute atomic E-state index is 0.124. The maximum Gasteiger partial charge on any atom is 0.324 e. The molecular formula is C20H22FN3O6S. The van der Waals surface area contributed by atoms with Crippen LogP contribution in [0.2, 0.25) is 0 Å². The average Bonchev–Trinajstić information content (AvgIpc) is 2.68. The van der Waals surface area contributed by atoms with E-state index in [1.165, 1.54) is 50.2 Å². The van der Waals surface area contributed by atoms with Crippen LogP contribution in [0.15, 0.2) is 47.4 Å². The molecule has 0 aliphatic carbocycles. The smallest absolute Gasteiger partial charge is 0.324 e. The summed E-state index contributed by atoms with van der Waals surface area (Å²) in [5.74, 6) is -2.51. The third-order valence-electron chi connectivity index (χ3n) is 3.99. The SMILES string of the molecule is CC(=O)Nc1ccc(S(=O)(=O)NC(C)C(=O)OCC(=O)Nc2cc(F)ccc2C)cc1. The zero-order valence-electron chi connectivity index (χ0n) is 17.1. The van der Waals surface area contributed by atoms with Crippen molar-refractivity contribution < 1.29 is 31.9 Å². The molecule has 0 heterocycles. The van der Waals surface area contributed by atoms with Gasteiger partial charge in [0.05, 0.1) is 4.90 Å². The van der Waals surface area contributed by atoms with Crippen LogP contribution in [0.3, 0.4) is 0 Å². The Kier molecular flexibility index (Phi) is 7.83. The Bertz CT molecular complexity index is 1090. The maximum absolute atomic E-state index is 13.3. The number of carbonyl (C=O) groups is 3. The number of anilines is 2. The van der Waals surface area contributed by atoms with E-state index in [1.807, 2.05) is 0 Å². The molecule has 9 nitrogen and oxygen atoms in total. The van der Waals surface area contributed by atoms with E-state index < -0.39 is 40.4 Å². The molecule has 2 rings (SSSR count). The molecule has 2 amide bonds. The lowest BCUT2D eigenvalue weighted by atomic mass is 10.2. The fourth-order valence-corrected chi connectivity index (χ4v) is 3.64. The van der Waals surface area contributed by atoms with Gasteiger partial charge in [-0.3, -0.25) is 14.4 Å². The van der Waals surface area contributed by atoms with Gasteiger partial charge in [0, 0.05) is 18.3 Å². The second-order valence-corrected chi connectivity index (χ2v) is 8.38. The van der Waals surface area contributed by atoms with Crippen molar-refractivity contribution in [1.29, 1.82) is 0 Å². The van der Waals surface area contributed by atoms with Gasteiger partial charge in [0.15, 0.2) is 6.61 Å². The number of halogens is 1. The first-order chi connectivity index (χ1) is 14.5. The van der Waals surface area contributed by atoms with Gasteiger partial charge >= 0.3 is 5.97 Å². The van der Waals surface area contributed by atoms with Crippen molar-refractivity contribution in [3.8, 4) is 0 Å². The molecule has 2 aromatic rings. The Morgan fingerprint density at radius 3 is 2.32 bits per heavy atom. The van der Waals surface area contributed by atoms with Gasteiger partial charge in [-0.1, -0.05) is 6.07 Å². The van der Waals surface area contributed by atoms with E-state index in [0.29, 0.717) is 11.3 Å². The van der Waals surface area contributed by atoms with Crippen LogP contribution in [0.25, 0.3) is 0 Å². The summed E-state index contributed by atoms with van der Waals surface area (Å²) in [6.45, 7) is 3.58. The Labute approximate surface area is 179 Å². The second kappa shape index (κ2) is 10.1. The molecule has 0 aliphatic heterocycles. The van der Waals surface area contributed by atoms with E-state index in [-0.39, 0.29) is 16.5 Å². The molecule has 0 saturated heterocycles. The number of amides is 2. The normalized spacial score (nSPS) is 12.0.